The van der Waals surface area contributed by atoms with Crippen LogP contribution in [0, 0.1) is 0 Å². The Bertz CT molecular complexity index is 1270. The second-order valence-electron chi connectivity index (χ2n) is 6.39. The highest BCUT2D eigenvalue weighted by Crippen LogP contribution is 2.32. The van der Waals surface area contributed by atoms with Crippen molar-refractivity contribution in [2.45, 2.75) is 9.79 Å². The fourth-order valence-corrected chi connectivity index (χ4v) is 6.54. The molecule has 0 bridgehead atoms. The van der Waals surface area contributed by atoms with Crippen LogP contribution in [0.1, 0.15) is 0 Å². The average Bonchev–Trinajstić information content (AvgIpc) is 2.67. The number of methoxy groups -OCH3 is 1. The van der Waals surface area contributed by atoms with Gasteiger partial charge >= 0.3 is 0 Å². The van der Waals surface area contributed by atoms with Gasteiger partial charge in [-0.25, -0.2) is 16.8 Å². The van der Waals surface area contributed by atoms with E-state index in [9.17, 15) is 25.3 Å². The predicted molar refractivity (Wildman–Crippen MR) is 115 cm³/mol. The highest BCUT2D eigenvalue weighted by atomic mass is 32.2. The van der Waals surface area contributed by atoms with Gasteiger partial charge in [-0.3, -0.25) is 4.55 Å². The van der Waals surface area contributed by atoms with Gasteiger partial charge < -0.3 is 20.9 Å². The largest absolute Gasteiger partial charge is 0.495 e. The third-order valence-electron chi connectivity index (χ3n) is 4.09. The number of aliphatic hydroxyl groups excluding tert-OH is 1. The van der Waals surface area contributed by atoms with Crippen molar-refractivity contribution in [1.29, 1.82) is 0 Å². The van der Waals surface area contributed by atoms with Crippen molar-refractivity contribution >= 4 is 46.9 Å². The predicted octanol–water partition coefficient (Wildman–Crippen LogP) is 0.449. The molecule has 0 amide bonds. The van der Waals surface area contributed by atoms with Gasteiger partial charge in [0.25, 0.3) is 10.1 Å². The van der Waals surface area contributed by atoms with Gasteiger partial charge in [0, 0.05) is 11.4 Å². The lowest BCUT2D eigenvalue weighted by Gasteiger charge is -2.15. The average molecular weight is 495 g/mol. The quantitative estimate of drug-likeness (QED) is 0.265. The first-order valence-electron chi connectivity index (χ1n) is 8.65. The van der Waals surface area contributed by atoms with E-state index in [0.29, 0.717) is 0 Å². The smallest absolute Gasteiger partial charge is 0.265 e. The first kappa shape index (κ1) is 24.9. The van der Waals surface area contributed by atoms with Crippen LogP contribution in [0.4, 0.5) is 17.1 Å². The third kappa shape index (κ3) is 6.54. The third-order valence-corrected chi connectivity index (χ3v) is 8.53. The van der Waals surface area contributed by atoms with Gasteiger partial charge in [0.2, 0.25) is 0 Å². The fraction of sp³-hybridized carbons (Fsp3) is 0.294. The van der Waals surface area contributed by atoms with Crippen molar-refractivity contribution in [3.05, 3.63) is 36.4 Å². The van der Waals surface area contributed by atoms with Crippen LogP contribution in [0.3, 0.4) is 0 Å². The fourth-order valence-electron chi connectivity index (χ4n) is 2.61. The van der Waals surface area contributed by atoms with E-state index >= 15 is 0 Å². The number of hydrogen-bond donors (Lipinski definition) is 4. The molecular formula is C17H22N2O9S3. The van der Waals surface area contributed by atoms with Crippen LogP contribution in [0.5, 0.6) is 5.75 Å². The number of aliphatic hydroxyl groups is 1. The Labute approximate surface area is 180 Å². The zero-order valence-electron chi connectivity index (χ0n) is 16.3. The van der Waals surface area contributed by atoms with Crippen molar-refractivity contribution < 1.29 is 39.6 Å². The zero-order valence-corrected chi connectivity index (χ0v) is 18.8. The number of anilines is 3. The normalized spacial score (nSPS) is 12.5. The van der Waals surface area contributed by atoms with Crippen LogP contribution in [-0.4, -0.2) is 65.9 Å². The molecule has 0 unspecified atom stereocenters. The van der Waals surface area contributed by atoms with E-state index in [-0.39, 0.29) is 32.6 Å². The number of hydrogen-bond acceptors (Lipinski definition) is 10. The molecule has 11 nitrogen and oxygen atoms in total. The summed E-state index contributed by atoms with van der Waals surface area (Å²) in [4.78, 5) is -0.535. The van der Waals surface area contributed by atoms with Crippen molar-refractivity contribution in [3.8, 4) is 5.75 Å². The Kier molecular flexibility index (Phi) is 7.54. The Hall–Kier alpha value is -2.39. The zero-order chi connectivity index (χ0) is 23.4. The summed E-state index contributed by atoms with van der Waals surface area (Å²) in [6.07, 6.45) is 0. The van der Waals surface area contributed by atoms with Gasteiger partial charge in [0.05, 0.1) is 41.6 Å². The van der Waals surface area contributed by atoms with Crippen molar-refractivity contribution in [2.24, 2.45) is 0 Å². The summed E-state index contributed by atoms with van der Waals surface area (Å²) in [7, 11) is -11.3. The molecule has 2 aromatic rings. The van der Waals surface area contributed by atoms with Gasteiger partial charge in [-0.1, -0.05) is 0 Å². The number of nitrogens with one attached hydrogen (secondary N) is 1. The molecule has 14 heteroatoms. The summed E-state index contributed by atoms with van der Waals surface area (Å²) in [5.41, 5.74) is 5.97. The SMILES string of the molecule is COc1ccc(Nc2ccc(N)cc2S(=O)(=O)CCS(=O)(=O)O)cc1S(=O)(=O)CCO. The van der Waals surface area contributed by atoms with E-state index in [0.717, 1.165) is 6.07 Å². The van der Waals surface area contributed by atoms with Gasteiger partial charge in [0.15, 0.2) is 19.7 Å². The molecule has 2 rings (SSSR count). The molecule has 0 fully saturated rings. The minimum atomic E-state index is -4.51. The number of nitrogens with two attached hydrogens (primary N) is 1. The maximum atomic E-state index is 12.6. The highest BCUT2D eigenvalue weighted by molar-refractivity contribution is 7.93. The molecule has 0 atom stereocenters. The molecule has 0 saturated carbocycles. The van der Waals surface area contributed by atoms with Crippen LogP contribution >= 0.6 is 0 Å². The first-order chi connectivity index (χ1) is 14.3. The second-order valence-corrected chi connectivity index (χ2v) is 12.1. The van der Waals surface area contributed by atoms with Crippen LogP contribution in [-0.2, 0) is 29.8 Å². The van der Waals surface area contributed by atoms with Crippen LogP contribution in [0.15, 0.2) is 46.2 Å². The molecule has 172 valence electrons. The second kappa shape index (κ2) is 9.40. The van der Waals surface area contributed by atoms with Gasteiger partial charge in [-0.05, 0) is 36.4 Å². The summed E-state index contributed by atoms with van der Waals surface area (Å²) in [5.74, 6) is -2.39. The molecule has 31 heavy (non-hydrogen) atoms. The van der Waals surface area contributed by atoms with Crippen LogP contribution in [0.25, 0.3) is 0 Å². The Balaban J connectivity index is 2.51. The van der Waals surface area contributed by atoms with Crippen LogP contribution in [0.2, 0.25) is 0 Å². The van der Waals surface area contributed by atoms with E-state index in [4.69, 9.17) is 20.1 Å². The molecule has 0 saturated heterocycles. The monoisotopic (exact) mass is 494 g/mol. The van der Waals surface area contributed by atoms with E-state index in [1.54, 1.807) is 0 Å². The van der Waals surface area contributed by atoms with E-state index in [1.807, 2.05) is 0 Å². The first-order valence-corrected chi connectivity index (χ1v) is 13.6. The molecular weight excluding hydrogens is 472 g/mol. The molecule has 0 spiro atoms. The molecule has 0 aliphatic heterocycles. The van der Waals surface area contributed by atoms with Crippen molar-refractivity contribution in [1.82, 2.24) is 0 Å². The molecule has 0 aliphatic carbocycles. The Morgan fingerprint density at radius 3 is 2.13 bits per heavy atom. The number of benzene rings is 2. The lowest BCUT2D eigenvalue weighted by Crippen LogP contribution is -2.18. The van der Waals surface area contributed by atoms with Crippen LogP contribution < -0.4 is 15.8 Å². The molecule has 0 aliphatic rings. The van der Waals surface area contributed by atoms with Gasteiger partial charge in [-0.15, -0.1) is 0 Å². The highest BCUT2D eigenvalue weighted by Gasteiger charge is 2.24. The lowest BCUT2D eigenvalue weighted by molar-refractivity contribution is 0.319. The number of sulfone groups is 2. The lowest BCUT2D eigenvalue weighted by atomic mass is 10.2. The maximum absolute atomic E-state index is 12.6. The Morgan fingerprint density at radius 1 is 0.903 bits per heavy atom. The number of ether oxygens (including phenoxy) is 1. The minimum absolute atomic E-state index is 0.0141. The standard InChI is InChI=1S/C17H22N2O9S3/c1-28-15-5-3-13(11-17(15)29(21,22)7-6-20)19-14-4-2-12(18)10-16(14)30(23,24)8-9-31(25,26)27/h2-5,10-11,19-20H,6-9,18H2,1H3,(H,25,26,27). The number of rotatable bonds is 10. The van der Waals surface area contributed by atoms with Crippen molar-refractivity contribution in [3.63, 3.8) is 0 Å². The van der Waals surface area contributed by atoms with Crippen molar-refractivity contribution in [2.75, 3.05) is 42.0 Å². The van der Waals surface area contributed by atoms with E-state index in [2.05, 4.69) is 5.32 Å². The molecule has 5 N–H and O–H groups in total. The molecule has 0 heterocycles. The van der Waals surface area contributed by atoms with E-state index < -0.39 is 53.7 Å². The summed E-state index contributed by atoms with van der Waals surface area (Å²) in [6, 6.07) is 7.88. The topological polar surface area (TPSA) is 190 Å². The molecule has 0 aromatic heterocycles. The molecule has 0 radical (unpaired) electrons. The summed E-state index contributed by atoms with van der Waals surface area (Å²) < 4.78 is 85.9. The minimum Gasteiger partial charge on any atom is -0.495 e. The van der Waals surface area contributed by atoms with E-state index in [1.165, 1.54) is 37.4 Å². The van der Waals surface area contributed by atoms with Gasteiger partial charge in [-0.2, -0.15) is 8.42 Å². The maximum Gasteiger partial charge on any atom is 0.265 e. The Morgan fingerprint density at radius 2 is 1.55 bits per heavy atom. The number of nitrogen functional groups attached to an aromatic ring is 1. The summed E-state index contributed by atoms with van der Waals surface area (Å²) >= 11 is 0. The van der Waals surface area contributed by atoms with Gasteiger partial charge in [0.1, 0.15) is 10.6 Å². The summed E-state index contributed by atoms with van der Waals surface area (Å²) in [5, 5.41) is 11.8. The molecule has 2 aromatic carbocycles. The summed E-state index contributed by atoms with van der Waals surface area (Å²) in [6.45, 7) is -0.600.